The molecule has 1 aromatic rings. The lowest BCUT2D eigenvalue weighted by Gasteiger charge is -1.92. The number of halogens is 1. The van der Waals surface area contributed by atoms with Crippen LogP contribution in [0.1, 0.15) is 5.56 Å². The summed E-state index contributed by atoms with van der Waals surface area (Å²) in [5, 5.41) is 10.8. The molecule has 0 radical (unpaired) electrons. The van der Waals surface area contributed by atoms with Crippen LogP contribution in [0.4, 0.5) is 5.82 Å². The first-order valence-electron chi connectivity index (χ1n) is 2.89. The molecule has 1 rings (SSSR count). The summed E-state index contributed by atoms with van der Waals surface area (Å²) in [4.78, 5) is 13.3. The lowest BCUT2D eigenvalue weighted by Crippen LogP contribution is -1.91. The lowest BCUT2D eigenvalue weighted by molar-refractivity contribution is -0.389. The Labute approximate surface area is 71.5 Å². The largest absolute Gasteiger partial charge is 0.363 e. The van der Waals surface area contributed by atoms with E-state index in [1.165, 1.54) is 12.3 Å². The highest BCUT2D eigenvalue weighted by molar-refractivity contribution is 9.08. The molecule has 0 aliphatic rings. The SMILES string of the molecule is O=[N+]([O-])c1cc(CBr)ccn1. The smallest absolute Gasteiger partial charge is 0.358 e. The van der Waals surface area contributed by atoms with E-state index < -0.39 is 4.92 Å². The van der Waals surface area contributed by atoms with Gasteiger partial charge < -0.3 is 10.1 Å². The number of hydrogen-bond acceptors (Lipinski definition) is 3. The molecule has 0 saturated carbocycles. The standard InChI is InChI=1S/C6H5BrN2O2/c7-4-5-1-2-8-6(3-5)9(10)11/h1-3H,4H2. The molecule has 1 aromatic heterocycles. The number of nitro groups is 1. The third kappa shape index (κ3) is 1.98. The predicted octanol–water partition coefficient (Wildman–Crippen LogP) is 1.88. The van der Waals surface area contributed by atoms with E-state index in [1.807, 2.05) is 0 Å². The van der Waals surface area contributed by atoms with Crippen molar-refractivity contribution >= 4 is 21.7 Å². The third-order valence-corrected chi connectivity index (χ3v) is 1.80. The summed E-state index contributed by atoms with van der Waals surface area (Å²) < 4.78 is 0. The summed E-state index contributed by atoms with van der Waals surface area (Å²) in [6.07, 6.45) is 1.43. The van der Waals surface area contributed by atoms with Gasteiger partial charge in [0, 0.05) is 11.4 Å². The number of pyridine rings is 1. The van der Waals surface area contributed by atoms with Crippen LogP contribution in [-0.4, -0.2) is 9.91 Å². The molecular formula is C6H5BrN2O2. The van der Waals surface area contributed by atoms with Gasteiger partial charge in [0.25, 0.3) is 0 Å². The molecule has 0 atom stereocenters. The maximum atomic E-state index is 10.2. The Balaban J connectivity index is 3.01. The van der Waals surface area contributed by atoms with E-state index >= 15 is 0 Å². The van der Waals surface area contributed by atoms with Crippen LogP contribution in [0, 0.1) is 10.1 Å². The quantitative estimate of drug-likeness (QED) is 0.431. The van der Waals surface area contributed by atoms with Crippen molar-refractivity contribution in [1.82, 2.24) is 4.98 Å². The molecular weight excluding hydrogens is 212 g/mol. The second kappa shape index (κ2) is 3.43. The van der Waals surface area contributed by atoms with E-state index in [0.29, 0.717) is 5.33 Å². The first-order valence-corrected chi connectivity index (χ1v) is 4.01. The fourth-order valence-electron chi connectivity index (χ4n) is 0.644. The van der Waals surface area contributed by atoms with Gasteiger partial charge in [0.2, 0.25) is 0 Å². The molecule has 0 N–H and O–H groups in total. The van der Waals surface area contributed by atoms with Gasteiger partial charge in [-0.15, -0.1) is 0 Å². The normalized spacial score (nSPS) is 9.55. The van der Waals surface area contributed by atoms with E-state index in [1.54, 1.807) is 6.07 Å². The molecule has 1 heterocycles. The topological polar surface area (TPSA) is 56.0 Å². The molecule has 0 fully saturated rings. The monoisotopic (exact) mass is 216 g/mol. The molecule has 0 spiro atoms. The van der Waals surface area contributed by atoms with Crippen LogP contribution < -0.4 is 0 Å². The van der Waals surface area contributed by atoms with Crippen molar-refractivity contribution < 1.29 is 4.92 Å². The molecule has 0 bridgehead atoms. The van der Waals surface area contributed by atoms with Crippen molar-refractivity contribution in [2.75, 3.05) is 0 Å². The Morgan fingerprint density at radius 3 is 3.00 bits per heavy atom. The molecule has 0 aromatic carbocycles. The first-order chi connectivity index (χ1) is 5.24. The highest BCUT2D eigenvalue weighted by Gasteiger charge is 2.05. The number of alkyl halides is 1. The predicted molar refractivity (Wildman–Crippen MR) is 43.5 cm³/mol. The summed E-state index contributed by atoms with van der Waals surface area (Å²) in [5.41, 5.74) is 0.853. The van der Waals surface area contributed by atoms with Crippen molar-refractivity contribution in [1.29, 1.82) is 0 Å². The summed E-state index contributed by atoms with van der Waals surface area (Å²) >= 11 is 3.19. The van der Waals surface area contributed by atoms with Crippen LogP contribution in [0.2, 0.25) is 0 Å². The van der Waals surface area contributed by atoms with E-state index in [-0.39, 0.29) is 5.82 Å². The minimum atomic E-state index is -0.508. The molecule has 4 nitrogen and oxygen atoms in total. The fraction of sp³-hybridized carbons (Fsp3) is 0.167. The van der Waals surface area contributed by atoms with Gasteiger partial charge in [0.15, 0.2) is 0 Å². The van der Waals surface area contributed by atoms with Crippen molar-refractivity contribution in [2.24, 2.45) is 0 Å². The molecule has 0 saturated heterocycles. The Morgan fingerprint density at radius 1 is 1.73 bits per heavy atom. The maximum absolute atomic E-state index is 10.2. The number of nitrogens with zero attached hydrogens (tertiary/aromatic N) is 2. The Morgan fingerprint density at radius 2 is 2.45 bits per heavy atom. The van der Waals surface area contributed by atoms with E-state index in [2.05, 4.69) is 20.9 Å². The molecule has 0 aliphatic carbocycles. The van der Waals surface area contributed by atoms with Gasteiger partial charge in [-0.05, 0) is 21.5 Å². The lowest BCUT2D eigenvalue weighted by atomic mass is 10.3. The van der Waals surface area contributed by atoms with E-state index in [0.717, 1.165) is 5.56 Å². The van der Waals surface area contributed by atoms with Gasteiger partial charge in [-0.3, -0.25) is 0 Å². The summed E-state index contributed by atoms with van der Waals surface area (Å²) in [5.74, 6) is -0.109. The first kappa shape index (κ1) is 8.13. The van der Waals surface area contributed by atoms with Crippen molar-refractivity contribution in [2.45, 2.75) is 5.33 Å². The highest BCUT2D eigenvalue weighted by atomic mass is 79.9. The van der Waals surface area contributed by atoms with Crippen LogP contribution in [0.15, 0.2) is 18.3 Å². The second-order valence-corrected chi connectivity index (χ2v) is 2.47. The fourth-order valence-corrected chi connectivity index (χ4v) is 0.992. The van der Waals surface area contributed by atoms with Crippen molar-refractivity contribution in [3.63, 3.8) is 0 Å². The minimum absolute atomic E-state index is 0.109. The van der Waals surface area contributed by atoms with E-state index in [4.69, 9.17) is 0 Å². The average Bonchev–Trinajstić information content (AvgIpc) is 2.05. The van der Waals surface area contributed by atoms with Crippen molar-refractivity contribution in [3.8, 4) is 0 Å². The second-order valence-electron chi connectivity index (χ2n) is 1.91. The molecule has 0 amide bonds. The van der Waals surface area contributed by atoms with Gasteiger partial charge >= 0.3 is 5.82 Å². The zero-order valence-electron chi connectivity index (χ0n) is 5.53. The minimum Gasteiger partial charge on any atom is -0.358 e. The highest BCUT2D eigenvalue weighted by Crippen LogP contribution is 2.11. The Hall–Kier alpha value is -0.970. The number of rotatable bonds is 2. The summed E-state index contributed by atoms with van der Waals surface area (Å²) in [7, 11) is 0. The van der Waals surface area contributed by atoms with Crippen LogP contribution in [-0.2, 0) is 5.33 Å². The summed E-state index contributed by atoms with van der Waals surface area (Å²) in [6, 6.07) is 3.16. The number of aromatic nitrogens is 1. The molecule has 58 valence electrons. The van der Waals surface area contributed by atoms with Crippen LogP contribution in [0.25, 0.3) is 0 Å². The summed E-state index contributed by atoms with van der Waals surface area (Å²) in [6.45, 7) is 0. The maximum Gasteiger partial charge on any atom is 0.363 e. The zero-order valence-corrected chi connectivity index (χ0v) is 7.11. The van der Waals surface area contributed by atoms with Crippen LogP contribution >= 0.6 is 15.9 Å². The van der Waals surface area contributed by atoms with Crippen molar-refractivity contribution in [3.05, 3.63) is 34.0 Å². The molecule has 0 unspecified atom stereocenters. The Bertz CT molecular complexity index is 277. The van der Waals surface area contributed by atoms with E-state index in [9.17, 15) is 10.1 Å². The molecule has 11 heavy (non-hydrogen) atoms. The molecule has 5 heteroatoms. The zero-order chi connectivity index (χ0) is 8.27. The number of hydrogen-bond donors (Lipinski definition) is 0. The van der Waals surface area contributed by atoms with Gasteiger partial charge in [-0.2, -0.15) is 0 Å². The van der Waals surface area contributed by atoms with Crippen LogP contribution in [0.3, 0.4) is 0 Å². The average molecular weight is 217 g/mol. The van der Waals surface area contributed by atoms with Gasteiger partial charge in [-0.1, -0.05) is 15.9 Å². The Kier molecular flexibility index (Phi) is 2.53. The molecule has 0 aliphatic heterocycles. The van der Waals surface area contributed by atoms with Gasteiger partial charge in [0.05, 0.1) is 0 Å². The third-order valence-electron chi connectivity index (χ3n) is 1.15. The van der Waals surface area contributed by atoms with Crippen LogP contribution in [0.5, 0.6) is 0 Å². The van der Waals surface area contributed by atoms with Gasteiger partial charge in [0.1, 0.15) is 6.20 Å². The van der Waals surface area contributed by atoms with Gasteiger partial charge in [-0.25, -0.2) is 0 Å².